The van der Waals surface area contributed by atoms with E-state index in [1.807, 2.05) is 18.7 Å². The standard InChI is InChI=1S/C15H18N2O2.C2H6/c1-3-11-4-5-12-6-7-17(14(12)8-11)9-13(16)15(19)10(2)18;1-2/h4-5,8-9H,3,6-7,16H2,1-2H3;1-2H3/b13-9-;. The molecule has 1 aliphatic heterocycles. The third-order valence-corrected chi connectivity index (χ3v) is 3.37. The van der Waals surface area contributed by atoms with Crippen LogP contribution in [-0.4, -0.2) is 18.1 Å². The Hall–Kier alpha value is -2.10. The molecule has 0 bridgehead atoms. The Morgan fingerprint density at radius 3 is 2.57 bits per heavy atom. The summed E-state index contributed by atoms with van der Waals surface area (Å²) in [6.45, 7) is 8.12. The minimum atomic E-state index is -0.625. The molecule has 0 radical (unpaired) electrons. The highest BCUT2D eigenvalue weighted by molar-refractivity contribution is 6.42. The fraction of sp³-hybridized carbons (Fsp3) is 0.412. The van der Waals surface area contributed by atoms with Crippen LogP contribution in [0.3, 0.4) is 0 Å². The van der Waals surface area contributed by atoms with Gasteiger partial charge in [-0.25, -0.2) is 0 Å². The first kappa shape index (κ1) is 17.0. The van der Waals surface area contributed by atoms with Gasteiger partial charge in [0.1, 0.15) is 0 Å². The summed E-state index contributed by atoms with van der Waals surface area (Å²) in [5, 5.41) is 0. The maximum absolute atomic E-state index is 11.5. The first-order valence-electron chi connectivity index (χ1n) is 7.44. The monoisotopic (exact) mass is 288 g/mol. The second-order valence-corrected chi connectivity index (χ2v) is 4.73. The Balaban J connectivity index is 0.00000106. The highest BCUT2D eigenvalue weighted by atomic mass is 16.2. The van der Waals surface area contributed by atoms with Crippen LogP contribution >= 0.6 is 0 Å². The van der Waals surface area contributed by atoms with Crippen molar-refractivity contribution in [2.75, 3.05) is 11.4 Å². The van der Waals surface area contributed by atoms with E-state index < -0.39 is 11.6 Å². The van der Waals surface area contributed by atoms with Crippen LogP contribution < -0.4 is 10.6 Å². The number of ketones is 2. The number of Topliss-reactive ketones (excluding diaryl/α,β-unsaturated/α-hetero) is 2. The van der Waals surface area contributed by atoms with E-state index in [0.29, 0.717) is 0 Å². The topological polar surface area (TPSA) is 63.4 Å². The lowest BCUT2D eigenvalue weighted by atomic mass is 10.1. The van der Waals surface area contributed by atoms with Gasteiger partial charge >= 0.3 is 0 Å². The summed E-state index contributed by atoms with van der Waals surface area (Å²) in [5.74, 6) is -1.16. The number of hydrogen-bond donors (Lipinski definition) is 1. The van der Waals surface area contributed by atoms with Gasteiger partial charge in [0.15, 0.2) is 0 Å². The molecule has 4 nitrogen and oxygen atoms in total. The van der Waals surface area contributed by atoms with Crippen LogP contribution in [0.1, 0.15) is 38.8 Å². The van der Waals surface area contributed by atoms with Crippen molar-refractivity contribution < 1.29 is 9.59 Å². The minimum absolute atomic E-state index is 0.00208. The van der Waals surface area contributed by atoms with Crippen LogP contribution in [0, 0.1) is 0 Å². The molecule has 0 saturated carbocycles. The maximum Gasteiger partial charge on any atom is 0.245 e. The summed E-state index contributed by atoms with van der Waals surface area (Å²) < 4.78 is 0. The van der Waals surface area contributed by atoms with E-state index >= 15 is 0 Å². The van der Waals surface area contributed by atoms with Gasteiger partial charge in [0.25, 0.3) is 0 Å². The summed E-state index contributed by atoms with van der Waals surface area (Å²) >= 11 is 0. The summed E-state index contributed by atoms with van der Waals surface area (Å²) in [6, 6.07) is 6.35. The largest absolute Gasteiger partial charge is 0.394 e. The molecular weight excluding hydrogens is 264 g/mol. The molecule has 2 rings (SSSR count). The van der Waals surface area contributed by atoms with E-state index in [2.05, 4.69) is 25.1 Å². The van der Waals surface area contributed by atoms with Crippen LogP contribution in [0.4, 0.5) is 5.69 Å². The van der Waals surface area contributed by atoms with Crippen molar-refractivity contribution in [3.8, 4) is 0 Å². The summed E-state index contributed by atoms with van der Waals surface area (Å²) in [7, 11) is 0. The third-order valence-electron chi connectivity index (χ3n) is 3.37. The fourth-order valence-electron chi connectivity index (χ4n) is 2.23. The number of anilines is 1. The number of rotatable bonds is 4. The van der Waals surface area contributed by atoms with Gasteiger partial charge in [-0.2, -0.15) is 0 Å². The fourth-order valence-corrected chi connectivity index (χ4v) is 2.23. The predicted molar refractivity (Wildman–Crippen MR) is 86.2 cm³/mol. The molecule has 0 amide bonds. The smallest absolute Gasteiger partial charge is 0.245 e. The molecular formula is C17H24N2O2. The summed E-state index contributed by atoms with van der Waals surface area (Å²) in [6.07, 6.45) is 3.47. The molecule has 0 aromatic heterocycles. The normalized spacial score (nSPS) is 13.3. The zero-order chi connectivity index (χ0) is 16.0. The lowest BCUT2D eigenvalue weighted by Gasteiger charge is -2.15. The van der Waals surface area contributed by atoms with E-state index in [4.69, 9.17) is 5.73 Å². The van der Waals surface area contributed by atoms with Crippen LogP contribution in [0.25, 0.3) is 0 Å². The number of nitrogens with zero attached hydrogens (tertiary/aromatic N) is 1. The van der Waals surface area contributed by atoms with Crippen molar-refractivity contribution >= 4 is 17.3 Å². The molecule has 4 heteroatoms. The Kier molecular flexibility index (Phi) is 6.15. The second kappa shape index (κ2) is 7.62. The van der Waals surface area contributed by atoms with E-state index in [-0.39, 0.29) is 5.70 Å². The van der Waals surface area contributed by atoms with Crippen LogP contribution in [0.2, 0.25) is 0 Å². The van der Waals surface area contributed by atoms with Crippen molar-refractivity contribution in [2.45, 2.75) is 40.5 Å². The van der Waals surface area contributed by atoms with Crippen molar-refractivity contribution in [2.24, 2.45) is 5.73 Å². The third kappa shape index (κ3) is 3.94. The first-order chi connectivity index (χ1) is 10.0. The zero-order valence-corrected chi connectivity index (χ0v) is 13.3. The van der Waals surface area contributed by atoms with E-state index in [1.54, 1.807) is 6.20 Å². The van der Waals surface area contributed by atoms with Gasteiger partial charge in [0.2, 0.25) is 11.6 Å². The number of hydrogen-bond acceptors (Lipinski definition) is 4. The molecule has 0 fully saturated rings. The van der Waals surface area contributed by atoms with Gasteiger partial charge in [-0.15, -0.1) is 0 Å². The zero-order valence-electron chi connectivity index (χ0n) is 13.3. The molecule has 21 heavy (non-hydrogen) atoms. The second-order valence-electron chi connectivity index (χ2n) is 4.73. The lowest BCUT2D eigenvalue weighted by molar-refractivity contribution is -0.133. The van der Waals surface area contributed by atoms with Gasteiger partial charge in [-0.3, -0.25) is 9.59 Å². The minimum Gasteiger partial charge on any atom is -0.394 e. The predicted octanol–water partition coefficient (Wildman–Crippen LogP) is 2.60. The van der Waals surface area contributed by atoms with Crippen LogP contribution in [0.5, 0.6) is 0 Å². The number of allylic oxidation sites excluding steroid dienone is 1. The average molecular weight is 288 g/mol. The Labute approximate surface area is 126 Å². The Morgan fingerprint density at radius 2 is 2.00 bits per heavy atom. The molecule has 2 N–H and O–H groups in total. The molecule has 1 aliphatic rings. The molecule has 1 aromatic rings. The van der Waals surface area contributed by atoms with Gasteiger partial charge in [0.05, 0.1) is 5.70 Å². The Morgan fingerprint density at radius 1 is 1.33 bits per heavy atom. The molecule has 0 aliphatic carbocycles. The van der Waals surface area contributed by atoms with Gasteiger partial charge in [-0.05, 0) is 30.0 Å². The SMILES string of the molecule is CC.CCc1ccc2c(c1)N(/C=C(\N)C(=O)C(C)=O)CC2. The summed E-state index contributed by atoms with van der Waals surface area (Å²) in [4.78, 5) is 24.5. The highest BCUT2D eigenvalue weighted by Gasteiger charge is 2.20. The number of benzene rings is 1. The lowest BCUT2D eigenvalue weighted by Crippen LogP contribution is -2.23. The van der Waals surface area contributed by atoms with Crippen molar-refractivity contribution in [3.63, 3.8) is 0 Å². The molecule has 0 atom stereocenters. The number of fused-ring (bicyclic) bond motifs is 1. The molecule has 0 spiro atoms. The number of carbonyl (C=O) groups excluding carboxylic acids is 2. The average Bonchev–Trinajstić information content (AvgIpc) is 2.90. The molecule has 0 unspecified atom stereocenters. The van der Waals surface area contributed by atoms with Crippen molar-refractivity contribution in [1.82, 2.24) is 0 Å². The van der Waals surface area contributed by atoms with Gasteiger partial charge in [-0.1, -0.05) is 32.9 Å². The van der Waals surface area contributed by atoms with E-state index in [1.165, 1.54) is 18.1 Å². The molecule has 1 aromatic carbocycles. The number of nitrogens with two attached hydrogens (primary N) is 1. The maximum atomic E-state index is 11.5. The van der Waals surface area contributed by atoms with E-state index in [9.17, 15) is 9.59 Å². The van der Waals surface area contributed by atoms with E-state index in [0.717, 1.165) is 25.1 Å². The molecule has 1 heterocycles. The van der Waals surface area contributed by atoms with Gasteiger partial charge < -0.3 is 10.6 Å². The first-order valence-corrected chi connectivity index (χ1v) is 7.44. The quantitative estimate of drug-likeness (QED) is 0.683. The number of aryl methyl sites for hydroxylation is 1. The van der Waals surface area contributed by atoms with Gasteiger partial charge in [0, 0.05) is 25.4 Å². The Bertz CT molecular complexity index is 562. The van der Waals surface area contributed by atoms with Crippen molar-refractivity contribution in [1.29, 1.82) is 0 Å². The van der Waals surface area contributed by atoms with Crippen LogP contribution in [-0.2, 0) is 22.4 Å². The molecule has 114 valence electrons. The van der Waals surface area contributed by atoms with Crippen molar-refractivity contribution in [3.05, 3.63) is 41.2 Å². The number of carbonyl (C=O) groups is 2. The van der Waals surface area contributed by atoms with Crippen LogP contribution in [0.15, 0.2) is 30.1 Å². The highest BCUT2D eigenvalue weighted by Crippen LogP contribution is 2.29. The molecule has 0 saturated heterocycles. The summed E-state index contributed by atoms with van der Waals surface area (Å²) in [5.41, 5.74) is 9.25.